The Bertz CT molecular complexity index is 1190. The van der Waals surface area contributed by atoms with Gasteiger partial charge in [-0.3, -0.25) is 4.79 Å². The van der Waals surface area contributed by atoms with Gasteiger partial charge in [0.25, 0.3) is 0 Å². The second kappa shape index (κ2) is 10.2. The number of ether oxygens (including phenoxy) is 3. The molecule has 1 aliphatic rings. The first-order valence-electron chi connectivity index (χ1n) is 11.0. The average Bonchev–Trinajstić information content (AvgIpc) is 3.63. The number of benzene rings is 1. The molecule has 0 bridgehead atoms. The van der Waals surface area contributed by atoms with Crippen LogP contribution in [-0.4, -0.2) is 36.0 Å². The van der Waals surface area contributed by atoms with Crippen LogP contribution in [0.4, 0.5) is 19.0 Å². The molecule has 10 heteroatoms. The Labute approximate surface area is 200 Å². The molecule has 1 aromatic carbocycles. The lowest BCUT2D eigenvalue weighted by atomic mass is 10.1. The van der Waals surface area contributed by atoms with Crippen LogP contribution in [0, 0.1) is 5.92 Å². The van der Waals surface area contributed by atoms with Crippen molar-refractivity contribution in [3.05, 3.63) is 66.0 Å². The zero-order valence-electron chi connectivity index (χ0n) is 19.1. The predicted octanol–water partition coefficient (Wildman–Crippen LogP) is 5.33. The number of carbonyl (C=O) groups is 1. The molecule has 2 heterocycles. The number of methoxy groups -OCH3 is 1. The molecule has 0 radical (unpaired) electrons. The number of hydrogen-bond donors (Lipinski definition) is 1. The largest absolute Gasteiger partial charge is 0.573 e. The highest BCUT2D eigenvalue weighted by atomic mass is 19.4. The van der Waals surface area contributed by atoms with Gasteiger partial charge in [-0.2, -0.15) is 0 Å². The summed E-state index contributed by atoms with van der Waals surface area (Å²) in [6, 6.07) is 13.0. The van der Waals surface area contributed by atoms with E-state index < -0.39 is 6.36 Å². The number of halogens is 3. The van der Waals surface area contributed by atoms with Gasteiger partial charge >= 0.3 is 12.3 Å². The number of anilines is 1. The minimum atomic E-state index is -4.74. The second-order valence-electron chi connectivity index (χ2n) is 7.97. The van der Waals surface area contributed by atoms with E-state index in [9.17, 15) is 18.0 Å². The lowest BCUT2D eigenvalue weighted by Gasteiger charge is -2.12. The number of aromatic nitrogens is 2. The summed E-state index contributed by atoms with van der Waals surface area (Å²) in [5, 5.41) is 3.08. The molecular formula is C25H24F3N3O4. The number of carbonyl (C=O) groups excluding carboxylic acids is 1. The van der Waals surface area contributed by atoms with Gasteiger partial charge in [-0.15, -0.1) is 13.2 Å². The fourth-order valence-electron chi connectivity index (χ4n) is 3.76. The summed E-state index contributed by atoms with van der Waals surface area (Å²) in [5.74, 6) is 0.413. The van der Waals surface area contributed by atoms with E-state index in [0.717, 1.165) is 5.56 Å². The molecule has 1 aliphatic carbocycles. The first-order chi connectivity index (χ1) is 16.8. The summed E-state index contributed by atoms with van der Waals surface area (Å²) in [5.41, 5.74) is 2.78. The molecule has 4 rings (SSSR count). The smallest absolute Gasteiger partial charge is 0.495 e. The quantitative estimate of drug-likeness (QED) is 0.409. The molecule has 35 heavy (non-hydrogen) atoms. The van der Waals surface area contributed by atoms with Crippen molar-refractivity contribution in [2.45, 2.75) is 32.2 Å². The molecule has 0 spiro atoms. The summed E-state index contributed by atoms with van der Waals surface area (Å²) >= 11 is 0. The van der Waals surface area contributed by atoms with Crippen LogP contribution >= 0.6 is 0 Å². The van der Waals surface area contributed by atoms with E-state index in [2.05, 4.69) is 15.0 Å². The average molecular weight is 487 g/mol. The molecule has 1 N–H and O–H groups in total. The molecule has 2 unspecified atom stereocenters. The second-order valence-corrected chi connectivity index (χ2v) is 7.97. The Hall–Kier alpha value is -3.82. The van der Waals surface area contributed by atoms with E-state index in [4.69, 9.17) is 14.5 Å². The van der Waals surface area contributed by atoms with Crippen LogP contribution in [0.2, 0.25) is 0 Å². The van der Waals surface area contributed by atoms with Crippen molar-refractivity contribution in [3.8, 4) is 22.8 Å². The number of hydrogen-bond acceptors (Lipinski definition) is 7. The maximum Gasteiger partial charge on any atom is 0.573 e. The van der Waals surface area contributed by atoms with Crippen molar-refractivity contribution >= 4 is 11.8 Å². The summed E-state index contributed by atoms with van der Waals surface area (Å²) in [6.45, 7) is 2.38. The third-order valence-corrected chi connectivity index (χ3v) is 5.50. The van der Waals surface area contributed by atoms with Crippen molar-refractivity contribution < 1.29 is 32.2 Å². The Balaban J connectivity index is 1.43. The summed E-state index contributed by atoms with van der Waals surface area (Å²) in [6.07, 6.45) is -2.42. The van der Waals surface area contributed by atoms with Gasteiger partial charge in [0.15, 0.2) is 0 Å². The molecule has 0 saturated heterocycles. The number of nitrogens with one attached hydrogen (secondary N) is 1. The highest BCUT2D eigenvalue weighted by Crippen LogP contribution is 2.50. The van der Waals surface area contributed by atoms with Crippen LogP contribution in [-0.2, 0) is 16.1 Å². The van der Waals surface area contributed by atoms with Gasteiger partial charge in [0.2, 0.25) is 0 Å². The molecule has 7 nitrogen and oxygen atoms in total. The van der Waals surface area contributed by atoms with Crippen LogP contribution in [0.3, 0.4) is 0 Å². The summed E-state index contributed by atoms with van der Waals surface area (Å²) in [4.78, 5) is 21.2. The first kappa shape index (κ1) is 24.3. The van der Waals surface area contributed by atoms with Crippen molar-refractivity contribution in [2.24, 2.45) is 5.92 Å². The molecule has 0 amide bonds. The SMILES string of the molecule is CCOC(=O)C1CC1c1nc(-c2ccc(NCc3cccc(OC(F)(F)F)c3)nc2)ccc1OC. The van der Waals surface area contributed by atoms with E-state index in [1.54, 1.807) is 32.4 Å². The molecule has 2 aromatic heterocycles. The maximum atomic E-state index is 12.4. The van der Waals surface area contributed by atoms with Crippen molar-refractivity contribution in [1.82, 2.24) is 9.97 Å². The van der Waals surface area contributed by atoms with Crippen LogP contribution < -0.4 is 14.8 Å². The first-order valence-corrected chi connectivity index (χ1v) is 11.0. The summed E-state index contributed by atoms with van der Waals surface area (Å²) < 4.78 is 51.8. The number of nitrogens with zero attached hydrogens (tertiary/aromatic N) is 2. The van der Waals surface area contributed by atoms with Crippen LogP contribution in [0.25, 0.3) is 11.3 Å². The van der Waals surface area contributed by atoms with Crippen molar-refractivity contribution in [2.75, 3.05) is 19.0 Å². The van der Waals surface area contributed by atoms with Crippen LogP contribution in [0.5, 0.6) is 11.5 Å². The van der Waals surface area contributed by atoms with Gasteiger partial charge in [-0.05, 0) is 55.3 Å². The van der Waals surface area contributed by atoms with Crippen LogP contribution in [0.1, 0.15) is 30.5 Å². The molecule has 184 valence electrons. The van der Waals surface area contributed by atoms with Crippen LogP contribution in [0.15, 0.2) is 54.7 Å². The Morgan fingerprint density at radius 1 is 1.17 bits per heavy atom. The van der Waals surface area contributed by atoms with Gasteiger partial charge in [0, 0.05) is 24.2 Å². The lowest BCUT2D eigenvalue weighted by molar-refractivity contribution is -0.274. The minimum Gasteiger partial charge on any atom is -0.495 e. The topological polar surface area (TPSA) is 82.6 Å². The maximum absolute atomic E-state index is 12.4. The van der Waals surface area contributed by atoms with E-state index in [1.165, 1.54) is 18.2 Å². The molecular weight excluding hydrogens is 463 g/mol. The van der Waals surface area contributed by atoms with Gasteiger partial charge in [-0.1, -0.05) is 12.1 Å². The Morgan fingerprint density at radius 2 is 2.00 bits per heavy atom. The number of rotatable bonds is 9. The van der Waals surface area contributed by atoms with E-state index in [0.29, 0.717) is 41.5 Å². The fraction of sp³-hybridized carbons (Fsp3) is 0.320. The van der Waals surface area contributed by atoms with Crippen molar-refractivity contribution in [3.63, 3.8) is 0 Å². The fourth-order valence-corrected chi connectivity index (χ4v) is 3.76. The molecule has 1 saturated carbocycles. The molecule has 3 aromatic rings. The number of pyridine rings is 2. The van der Waals surface area contributed by atoms with Gasteiger partial charge in [0.1, 0.15) is 17.3 Å². The zero-order valence-corrected chi connectivity index (χ0v) is 19.1. The standard InChI is InChI=1S/C25H24F3N3O4/c1-3-34-24(32)19-12-18(19)23-21(33-2)9-8-20(31-23)16-7-10-22(30-14-16)29-13-15-5-4-6-17(11-15)35-25(26,27)28/h4-11,14,18-19H,3,12-13H2,1-2H3,(H,29,30). The third-order valence-electron chi connectivity index (χ3n) is 5.50. The highest BCUT2D eigenvalue weighted by molar-refractivity contribution is 5.77. The number of esters is 1. The van der Waals surface area contributed by atoms with E-state index in [1.807, 2.05) is 18.2 Å². The monoisotopic (exact) mass is 487 g/mol. The zero-order chi connectivity index (χ0) is 25.0. The van der Waals surface area contributed by atoms with Gasteiger partial charge in [-0.25, -0.2) is 9.97 Å². The third kappa shape index (κ3) is 6.20. The predicted molar refractivity (Wildman–Crippen MR) is 122 cm³/mol. The minimum absolute atomic E-state index is 0.0464. The van der Waals surface area contributed by atoms with E-state index >= 15 is 0 Å². The summed E-state index contributed by atoms with van der Waals surface area (Å²) in [7, 11) is 1.56. The normalized spacial score (nSPS) is 16.9. The van der Waals surface area contributed by atoms with E-state index in [-0.39, 0.29) is 30.1 Å². The molecule has 2 atom stereocenters. The highest BCUT2D eigenvalue weighted by Gasteiger charge is 2.47. The van der Waals surface area contributed by atoms with Gasteiger partial charge in [0.05, 0.1) is 31.0 Å². The Morgan fingerprint density at radius 3 is 2.69 bits per heavy atom. The molecule has 0 aliphatic heterocycles. The van der Waals surface area contributed by atoms with Crippen molar-refractivity contribution in [1.29, 1.82) is 0 Å². The Kier molecular flexibility index (Phi) is 7.09. The lowest BCUT2D eigenvalue weighted by Crippen LogP contribution is -2.17. The van der Waals surface area contributed by atoms with Gasteiger partial charge < -0.3 is 19.5 Å². The number of alkyl halides is 3. The molecule has 1 fully saturated rings.